The zero-order valence-electron chi connectivity index (χ0n) is 14.5. The van der Waals surface area contributed by atoms with Gasteiger partial charge in [-0.05, 0) is 46.0 Å². The fourth-order valence-corrected chi connectivity index (χ4v) is 2.40. The Balaban J connectivity index is 2.06. The van der Waals surface area contributed by atoms with E-state index in [4.69, 9.17) is 9.47 Å². The summed E-state index contributed by atoms with van der Waals surface area (Å²) in [4.78, 5) is 14.7. The van der Waals surface area contributed by atoms with Crippen LogP contribution in [-0.4, -0.2) is 61.8 Å². The van der Waals surface area contributed by atoms with Gasteiger partial charge in [-0.1, -0.05) is 0 Å². The first-order valence-corrected chi connectivity index (χ1v) is 8.17. The number of hydrogen-bond acceptors (Lipinski definition) is 5. The molecule has 0 saturated carbocycles. The highest BCUT2D eigenvalue weighted by Gasteiger charge is 2.18. The summed E-state index contributed by atoms with van der Waals surface area (Å²) in [6.45, 7) is 9.92. The number of amides is 1. The van der Waals surface area contributed by atoms with Crippen molar-refractivity contribution in [2.24, 2.45) is 0 Å². The zero-order valence-corrected chi connectivity index (χ0v) is 14.5. The molecule has 0 atom stereocenters. The summed E-state index contributed by atoms with van der Waals surface area (Å²) in [7, 11) is 2.08. The van der Waals surface area contributed by atoms with Gasteiger partial charge in [0.1, 0.15) is 0 Å². The Morgan fingerprint density at radius 3 is 2.52 bits per heavy atom. The van der Waals surface area contributed by atoms with E-state index in [0.717, 1.165) is 26.2 Å². The number of hydrazine groups is 1. The van der Waals surface area contributed by atoms with Crippen molar-refractivity contribution in [3.05, 3.63) is 23.8 Å². The minimum absolute atomic E-state index is 0.0548. The SMILES string of the molecule is CCOc1cc(C(=O)NN2CCN(C)CC2)ccc1OC(C)C. The predicted octanol–water partition coefficient (Wildman–Crippen LogP) is 1.76. The Labute approximate surface area is 138 Å². The Hall–Kier alpha value is -1.79. The molecule has 128 valence electrons. The normalized spacial score (nSPS) is 16.4. The van der Waals surface area contributed by atoms with E-state index in [0.29, 0.717) is 23.7 Å². The van der Waals surface area contributed by atoms with Crippen molar-refractivity contribution < 1.29 is 14.3 Å². The Morgan fingerprint density at radius 2 is 1.91 bits per heavy atom. The Morgan fingerprint density at radius 1 is 1.22 bits per heavy atom. The lowest BCUT2D eigenvalue weighted by Crippen LogP contribution is -2.52. The van der Waals surface area contributed by atoms with Gasteiger partial charge in [0, 0.05) is 31.7 Å². The first kappa shape index (κ1) is 17.6. The van der Waals surface area contributed by atoms with Crippen molar-refractivity contribution >= 4 is 5.91 Å². The molecule has 1 saturated heterocycles. The molecule has 0 spiro atoms. The second-order valence-electron chi connectivity index (χ2n) is 5.99. The molecule has 1 heterocycles. The smallest absolute Gasteiger partial charge is 0.265 e. The van der Waals surface area contributed by atoms with Crippen LogP contribution in [0, 0.1) is 0 Å². The number of rotatable bonds is 6. The van der Waals surface area contributed by atoms with Crippen LogP contribution in [0.2, 0.25) is 0 Å². The number of ether oxygens (including phenoxy) is 2. The molecule has 1 amide bonds. The van der Waals surface area contributed by atoms with Gasteiger partial charge in [-0.15, -0.1) is 0 Å². The molecule has 1 aromatic rings. The van der Waals surface area contributed by atoms with Gasteiger partial charge in [-0.2, -0.15) is 0 Å². The van der Waals surface area contributed by atoms with Crippen LogP contribution in [-0.2, 0) is 0 Å². The van der Waals surface area contributed by atoms with Crippen molar-refractivity contribution in [2.45, 2.75) is 26.9 Å². The average molecular weight is 321 g/mol. The molecule has 6 nitrogen and oxygen atoms in total. The monoisotopic (exact) mass is 321 g/mol. The van der Waals surface area contributed by atoms with Gasteiger partial charge in [0.05, 0.1) is 12.7 Å². The van der Waals surface area contributed by atoms with Gasteiger partial charge in [-0.25, -0.2) is 5.01 Å². The van der Waals surface area contributed by atoms with Gasteiger partial charge in [-0.3, -0.25) is 10.2 Å². The van der Waals surface area contributed by atoms with E-state index < -0.39 is 0 Å². The molecule has 2 rings (SSSR count). The number of carbonyl (C=O) groups is 1. The largest absolute Gasteiger partial charge is 0.490 e. The minimum atomic E-state index is -0.119. The first-order valence-electron chi connectivity index (χ1n) is 8.17. The van der Waals surface area contributed by atoms with Gasteiger partial charge >= 0.3 is 0 Å². The molecule has 1 aromatic carbocycles. The van der Waals surface area contributed by atoms with E-state index in [1.807, 2.05) is 25.8 Å². The molecule has 0 aromatic heterocycles. The molecule has 0 unspecified atom stereocenters. The second kappa shape index (κ2) is 8.17. The quantitative estimate of drug-likeness (QED) is 0.865. The topological polar surface area (TPSA) is 54.0 Å². The zero-order chi connectivity index (χ0) is 16.8. The number of piperazine rings is 1. The highest BCUT2D eigenvalue weighted by molar-refractivity contribution is 5.94. The maximum atomic E-state index is 12.4. The molecule has 1 fully saturated rings. The minimum Gasteiger partial charge on any atom is -0.490 e. The van der Waals surface area contributed by atoms with E-state index in [1.165, 1.54) is 0 Å². The van der Waals surface area contributed by atoms with Crippen LogP contribution in [0.3, 0.4) is 0 Å². The van der Waals surface area contributed by atoms with Crippen molar-refractivity contribution in [1.29, 1.82) is 0 Å². The number of nitrogens with zero attached hydrogens (tertiary/aromatic N) is 2. The third kappa shape index (κ3) is 5.11. The van der Waals surface area contributed by atoms with E-state index in [9.17, 15) is 4.79 Å². The summed E-state index contributed by atoms with van der Waals surface area (Å²) in [6, 6.07) is 5.31. The average Bonchev–Trinajstić information content (AvgIpc) is 2.51. The van der Waals surface area contributed by atoms with Crippen molar-refractivity contribution in [1.82, 2.24) is 15.3 Å². The van der Waals surface area contributed by atoms with Crippen molar-refractivity contribution in [3.8, 4) is 11.5 Å². The number of benzene rings is 1. The van der Waals surface area contributed by atoms with Crippen LogP contribution in [0.4, 0.5) is 0 Å². The van der Waals surface area contributed by atoms with Crippen LogP contribution in [0.25, 0.3) is 0 Å². The number of carbonyl (C=O) groups excluding carboxylic acids is 1. The molecule has 0 aliphatic carbocycles. The molecule has 0 bridgehead atoms. The fourth-order valence-electron chi connectivity index (χ4n) is 2.40. The van der Waals surface area contributed by atoms with E-state index >= 15 is 0 Å². The highest BCUT2D eigenvalue weighted by atomic mass is 16.5. The summed E-state index contributed by atoms with van der Waals surface area (Å²) in [5, 5.41) is 1.96. The molecule has 1 aliphatic rings. The van der Waals surface area contributed by atoms with E-state index in [2.05, 4.69) is 17.4 Å². The van der Waals surface area contributed by atoms with Crippen LogP contribution >= 0.6 is 0 Å². The Kier molecular flexibility index (Phi) is 6.24. The lowest BCUT2D eigenvalue weighted by molar-refractivity contribution is 0.0662. The van der Waals surface area contributed by atoms with Crippen LogP contribution in [0.5, 0.6) is 11.5 Å². The molecule has 23 heavy (non-hydrogen) atoms. The first-order chi connectivity index (χ1) is 11.0. The summed E-state index contributed by atoms with van der Waals surface area (Å²) < 4.78 is 11.3. The molecule has 1 N–H and O–H groups in total. The fraction of sp³-hybridized carbons (Fsp3) is 0.588. The predicted molar refractivity (Wildman–Crippen MR) is 89.9 cm³/mol. The van der Waals surface area contributed by atoms with Gasteiger partial charge in [0.15, 0.2) is 11.5 Å². The summed E-state index contributed by atoms with van der Waals surface area (Å²) in [6.07, 6.45) is 0.0548. The van der Waals surface area contributed by atoms with Crippen LogP contribution in [0.1, 0.15) is 31.1 Å². The standard InChI is InChI=1S/C17H27N3O3/c1-5-22-16-12-14(6-7-15(16)23-13(2)3)17(21)18-20-10-8-19(4)9-11-20/h6-7,12-13H,5,8-11H2,1-4H3,(H,18,21). The molecule has 6 heteroatoms. The molecule has 1 aliphatic heterocycles. The Bertz CT molecular complexity index is 526. The van der Waals surface area contributed by atoms with Gasteiger partial charge in [0.2, 0.25) is 0 Å². The van der Waals surface area contributed by atoms with Crippen LogP contribution in [0.15, 0.2) is 18.2 Å². The lowest BCUT2D eigenvalue weighted by Gasteiger charge is -2.32. The third-order valence-corrected chi connectivity index (χ3v) is 3.63. The maximum Gasteiger partial charge on any atom is 0.265 e. The van der Waals surface area contributed by atoms with E-state index in [-0.39, 0.29) is 12.0 Å². The van der Waals surface area contributed by atoms with E-state index in [1.54, 1.807) is 18.2 Å². The number of hydrogen-bond donors (Lipinski definition) is 1. The summed E-state index contributed by atoms with van der Waals surface area (Å²) >= 11 is 0. The van der Waals surface area contributed by atoms with Crippen molar-refractivity contribution in [3.63, 3.8) is 0 Å². The van der Waals surface area contributed by atoms with Gasteiger partial charge in [0.25, 0.3) is 5.91 Å². The second-order valence-corrected chi connectivity index (χ2v) is 5.99. The van der Waals surface area contributed by atoms with Crippen LogP contribution < -0.4 is 14.9 Å². The molecule has 0 radical (unpaired) electrons. The summed E-state index contributed by atoms with van der Waals surface area (Å²) in [5.74, 6) is 1.15. The third-order valence-electron chi connectivity index (χ3n) is 3.63. The lowest BCUT2D eigenvalue weighted by atomic mass is 10.2. The number of nitrogens with one attached hydrogen (secondary N) is 1. The highest BCUT2D eigenvalue weighted by Crippen LogP contribution is 2.29. The molecular formula is C17H27N3O3. The van der Waals surface area contributed by atoms with Crippen molar-refractivity contribution in [2.75, 3.05) is 39.8 Å². The number of likely N-dealkylation sites (N-methyl/N-ethyl adjacent to an activating group) is 1. The molecular weight excluding hydrogens is 294 g/mol. The summed E-state index contributed by atoms with van der Waals surface area (Å²) in [5.41, 5.74) is 3.53. The van der Waals surface area contributed by atoms with Gasteiger partial charge < -0.3 is 14.4 Å². The maximum absolute atomic E-state index is 12.4.